The zero-order valence-electron chi connectivity index (χ0n) is 8.07. The van der Waals surface area contributed by atoms with Crippen LogP contribution in [0.3, 0.4) is 0 Å². The highest BCUT2D eigenvalue weighted by Gasteiger charge is 2.03. The molecule has 0 saturated carbocycles. The normalized spacial score (nSPS) is 9.73. The van der Waals surface area contributed by atoms with Crippen LogP contribution in [0.2, 0.25) is 0 Å². The maximum atomic E-state index is 12.7. The van der Waals surface area contributed by atoms with Gasteiger partial charge in [0.05, 0.1) is 0 Å². The molecule has 0 fully saturated rings. The summed E-state index contributed by atoms with van der Waals surface area (Å²) in [4.78, 5) is 11.1. The van der Waals surface area contributed by atoms with Crippen LogP contribution >= 0.6 is 0 Å². The summed E-state index contributed by atoms with van der Waals surface area (Å²) < 4.78 is 17.4. The summed E-state index contributed by atoms with van der Waals surface area (Å²) in [6, 6.07) is 5.31. The molecule has 0 aliphatic heterocycles. The summed E-state index contributed by atoms with van der Waals surface area (Å²) in [5.41, 5.74) is 0. The second-order valence-corrected chi connectivity index (χ2v) is 2.85. The number of hydrogen-bond donors (Lipinski definition) is 2. The minimum Gasteiger partial charge on any atom is -0.410 e. The van der Waals surface area contributed by atoms with Crippen molar-refractivity contribution in [3.63, 3.8) is 0 Å². The number of ether oxygens (including phenoxy) is 1. The Balaban J connectivity index is 2.37. The smallest absolute Gasteiger partial charge is 0.410 e. The predicted octanol–water partition coefficient (Wildman–Crippen LogP) is 1.30. The molecular weight excluding hydrogens is 201 g/mol. The quantitative estimate of drug-likeness (QED) is 0.741. The molecule has 2 N–H and O–H groups in total. The van der Waals surface area contributed by atoms with Gasteiger partial charge in [-0.05, 0) is 18.6 Å². The van der Waals surface area contributed by atoms with Crippen LogP contribution in [-0.2, 0) is 0 Å². The van der Waals surface area contributed by atoms with Crippen molar-refractivity contribution in [2.24, 2.45) is 0 Å². The van der Waals surface area contributed by atoms with Gasteiger partial charge in [-0.1, -0.05) is 6.07 Å². The highest BCUT2D eigenvalue weighted by molar-refractivity contribution is 5.70. The first-order valence-electron chi connectivity index (χ1n) is 4.54. The van der Waals surface area contributed by atoms with E-state index >= 15 is 0 Å². The number of aliphatic hydroxyl groups is 1. The van der Waals surface area contributed by atoms with Crippen molar-refractivity contribution in [1.82, 2.24) is 5.32 Å². The van der Waals surface area contributed by atoms with Gasteiger partial charge in [-0.15, -0.1) is 0 Å². The number of carbonyl (C=O) groups is 1. The minimum atomic E-state index is -0.658. The number of benzene rings is 1. The highest BCUT2D eigenvalue weighted by Crippen LogP contribution is 2.11. The molecule has 5 heteroatoms. The molecule has 1 amide bonds. The maximum absolute atomic E-state index is 12.7. The Hall–Kier alpha value is -1.62. The number of rotatable bonds is 4. The molecule has 0 heterocycles. The summed E-state index contributed by atoms with van der Waals surface area (Å²) in [6.45, 7) is 0.324. The van der Waals surface area contributed by atoms with E-state index in [1.54, 1.807) is 0 Å². The first-order chi connectivity index (χ1) is 7.22. The van der Waals surface area contributed by atoms with Crippen molar-refractivity contribution >= 4 is 6.09 Å². The summed E-state index contributed by atoms with van der Waals surface area (Å²) >= 11 is 0. The fraction of sp³-hybridized carbons (Fsp3) is 0.300. The third-order valence-electron chi connectivity index (χ3n) is 1.61. The first-order valence-corrected chi connectivity index (χ1v) is 4.54. The molecule has 0 bridgehead atoms. The molecule has 4 nitrogen and oxygen atoms in total. The monoisotopic (exact) mass is 213 g/mol. The fourth-order valence-electron chi connectivity index (χ4n) is 0.943. The van der Waals surface area contributed by atoms with Gasteiger partial charge in [0.1, 0.15) is 11.6 Å². The second-order valence-electron chi connectivity index (χ2n) is 2.85. The summed E-state index contributed by atoms with van der Waals surface area (Å²) in [7, 11) is 0. The molecule has 0 aromatic heterocycles. The van der Waals surface area contributed by atoms with Gasteiger partial charge < -0.3 is 15.2 Å². The lowest BCUT2D eigenvalue weighted by molar-refractivity contribution is 0.198. The molecule has 0 aliphatic rings. The van der Waals surface area contributed by atoms with Crippen LogP contribution in [0.4, 0.5) is 9.18 Å². The maximum Gasteiger partial charge on any atom is 0.412 e. The van der Waals surface area contributed by atoms with Gasteiger partial charge in [-0.25, -0.2) is 9.18 Å². The van der Waals surface area contributed by atoms with Gasteiger partial charge in [0.2, 0.25) is 0 Å². The first kappa shape index (κ1) is 11.5. The SMILES string of the molecule is O=C(NCCCO)Oc1cccc(F)c1. The van der Waals surface area contributed by atoms with Gasteiger partial charge in [-0.2, -0.15) is 0 Å². The minimum absolute atomic E-state index is 0.000243. The van der Waals surface area contributed by atoms with Crippen LogP contribution in [0.1, 0.15) is 6.42 Å². The lowest BCUT2D eigenvalue weighted by Crippen LogP contribution is -2.28. The third kappa shape index (κ3) is 4.42. The van der Waals surface area contributed by atoms with Gasteiger partial charge in [0, 0.05) is 19.2 Å². The highest BCUT2D eigenvalue weighted by atomic mass is 19.1. The van der Waals surface area contributed by atoms with Crippen LogP contribution in [0.15, 0.2) is 24.3 Å². The van der Waals surface area contributed by atoms with E-state index in [-0.39, 0.29) is 12.4 Å². The number of aliphatic hydroxyl groups excluding tert-OH is 1. The van der Waals surface area contributed by atoms with Crippen molar-refractivity contribution in [3.05, 3.63) is 30.1 Å². The summed E-state index contributed by atoms with van der Waals surface area (Å²) in [5.74, 6) is -0.313. The van der Waals surface area contributed by atoms with Crippen molar-refractivity contribution < 1.29 is 19.0 Å². The number of halogens is 1. The molecule has 0 aliphatic carbocycles. The molecule has 0 atom stereocenters. The van der Waals surface area contributed by atoms with Crippen LogP contribution < -0.4 is 10.1 Å². The average Bonchev–Trinajstić information content (AvgIpc) is 2.18. The third-order valence-corrected chi connectivity index (χ3v) is 1.61. The predicted molar refractivity (Wildman–Crippen MR) is 52.1 cm³/mol. The van der Waals surface area contributed by atoms with E-state index in [1.165, 1.54) is 18.2 Å². The van der Waals surface area contributed by atoms with E-state index in [2.05, 4.69) is 5.32 Å². The fourth-order valence-corrected chi connectivity index (χ4v) is 0.943. The number of carbonyl (C=O) groups excluding carboxylic acids is 1. The molecule has 82 valence electrons. The molecule has 1 aromatic carbocycles. The Kier molecular flexibility index (Phi) is 4.56. The summed E-state index contributed by atoms with van der Waals surface area (Å²) in [5, 5.41) is 10.9. The number of nitrogens with one attached hydrogen (secondary N) is 1. The van der Waals surface area contributed by atoms with Crippen LogP contribution in [-0.4, -0.2) is 24.4 Å². The second kappa shape index (κ2) is 5.98. The van der Waals surface area contributed by atoms with E-state index < -0.39 is 11.9 Å². The topological polar surface area (TPSA) is 58.6 Å². The van der Waals surface area contributed by atoms with E-state index in [9.17, 15) is 9.18 Å². The molecule has 1 aromatic rings. The lowest BCUT2D eigenvalue weighted by atomic mass is 10.3. The van der Waals surface area contributed by atoms with Crippen molar-refractivity contribution in [2.75, 3.05) is 13.2 Å². The Morgan fingerprint density at radius 2 is 2.33 bits per heavy atom. The Morgan fingerprint density at radius 1 is 1.53 bits per heavy atom. The molecular formula is C10H12FNO3. The molecule has 0 unspecified atom stereocenters. The lowest BCUT2D eigenvalue weighted by Gasteiger charge is -2.05. The standard InChI is InChI=1S/C10H12FNO3/c11-8-3-1-4-9(7-8)15-10(14)12-5-2-6-13/h1,3-4,7,13H,2,5-6H2,(H,12,14). The molecule has 15 heavy (non-hydrogen) atoms. The summed E-state index contributed by atoms with van der Waals surface area (Å²) in [6.07, 6.45) is -0.202. The van der Waals surface area contributed by atoms with Crippen LogP contribution in [0, 0.1) is 5.82 Å². The Morgan fingerprint density at radius 3 is 3.00 bits per heavy atom. The van der Waals surface area contributed by atoms with E-state index in [0.29, 0.717) is 13.0 Å². The molecule has 1 rings (SSSR count). The number of hydrogen-bond acceptors (Lipinski definition) is 3. The zero-order valence-corrected chi connectivity index (χ0v) is 8.07. The van der Waals surface area contributed by atoms with Crippen LogP contribution in [0.5, 0.6) is 5.75 Å². The van der Waals surface area contributed by atoms with Gasteiger partial charge in [0.15, 0.2) is 0 Å². The van der Waals surface area contributed by atoms with E-state index in [0.717, 1.165) is 6.07 Å². The van der Waals surface area contributed by atoms with Crippen molar-refractivity contribution in [1.29, 1.82) is 0 Å². The Bertz CT molecular complexity index is 330. The Labute approximate surface area is 86.7 Å². The van der Waals surface area contributed by atoms with Crippen molar-refractivity contribution in [2.45, 2.75) is 6.42 Å². The zero-order chi connectivity index (χ0) is 11.1. The largest absolute Gasteiger partial charge is 0.412 e. The number of amides is 1. The van der Waals surface area contributed by atoms with Gasteiger partial charge in [-0.3, -0.25) is 0 Å². The van der Waals surface area contributed by atoms with Crippen molar-refractivity contribution in [3.8, 4) is 5.75 Å². The molecule has 0 radical (unpaired) electrons. The molecule has 0 spiro atoms. The average molecular weight is 213 g/mol. The van der Waals surface area contributed by atoms with Gasteiger partial charge >= 0.3 is 6.09 Å². The van der Waals surface area contributed by atoms with E-state index in [4.69, 9.17) is 9.84 Å². The molecule has 0 saturated heterocycles. The van der Waals surface area contributed by atoms with E-state index in [1.807, 2.05) is 0 Å². The van der Waals surface area contributed by atoms with Gasteiger partial charge in [0.25, 0.3) is 0 Å². The van der Waals surface area contributed by atoms with Crippen LogP contribution in [0.25, 0.3) is 0 Å².